The summed E-state index contributed by atoms with van der Waals surface area (Å²) in [6.07, 6.45) is 0. The fourth-order valence-corrected chi connectivity index (χ4v) is 2.85. The highest BCUT2D eigenvalue weighted by molar-refractivity contribution is 5.82. The lowest BCUT2D eigenvalue weighted by Gasteiger charge is -2.26. The summed E-state index contributed by atoms with van der Waals surface area (Å²) in [6, 6.07) is 3.50. The molecule has 1 aromatic heterocycles. The maximum absolute atomic E-state index is 11.9. The van der Waals surface area contributed by atoms with Crippen LogP contribution in [0.15, 0.2) is 12.1 Å². The molecule has 0 spiro atoms. The van der Waals surface area contributed by atoms with Crippen LogP contribution in [0.2, 0.25) is 0 Å². The summed E-state index contributed by atoms with van der Waals surface area (Å²) in [4.78, 5) is 16.6. The molecule has 0 aliphatic carbocycles. The summed E-state index contributed by atoms with van der Waals surface area (Å²) < 4.78 is 1.93. The van der Waals surface area contributed by atoms with Crippen molar-refractivity contribution in [2.75, 3.05) is 0 Å². The number of carboxylic acid groups (broad SMARTS) is 1. The highest BCUT2D eigenvalue weighted by atomic mass is 16.4. The zero-order valence-corrected chi connectivity index (χ0v) is 14.6. The van der Waals surface area contributed by atoms with Gasteiger partial charge in [0.15, 0.2) is 0 Å². The number of hydrogen-bond acceptors (Lipinski definition) is 2. The number of rotatable bonds is 3. The number of benzene rings is 1. The number of hydrogen-bond donors (Lipinski definition) is 1. The van der Waals surface area contributed by atoms with E-state index in [0.717, 1.165) is 22.4 Å². The lowest BCUT2D eigenvalue weighted by atomic mass is 9.94. The first kappa shape index (κ1) is 16.5. The van der Waals surface area contributed by atoms with Crippen molar-refractivity contribution in [3.63, 3.8) is 0 Å². The lowest BCUT2D eigenvalue weighted by molar-refractivity contribution is -0.142. The molecule has 0 bridgehead atoms. The molecule has 4 nitrogen and oxygen atoms in total. The first-order valence-electron chi connectivity index (χ1n) is 7.76. The molecule has 1 unspecified atom stereocenters. The lowest BCUT2D eigenvalue weighted by Crippen LogP contribution is -2.29. The topological polar surface area (TPSA) is 55.1 Å². The van der Waals surface area contributed by atoms with Gasteiger partial charge in [-0.2, -0.15) is 0 Å². The second-order valence-corrected chi connectivity index (χ2v) is 7.51. The summed E-state index contributed by atoms with van der Waals surface area (Å²) >= 11 is 0. The summed E-state index contributed by atoms with van der Waals surface area (Å²) in [5.74, 6) is 0.00392. The molecule has 0 saturated carbocycles. The number of carbonyl (C=O) groups is 1. The zero-order valence-electron chi connectivity index (χ0n) is 14.6. The van der Waals surface area contributed by atoms with Crippen LogP contribution in [0.4, 0.5) is 0 Å². The molecule has 0 saturated heterocycles. The third-order valence-electron chi connectivity index (χ3n) is 4.14. The van der Waals surface area contributed by atoms with Gasteiger partial charge in [0, 0.05) is 5.41 Å². The quantitative estimate of drug-likeness (QED) is 0.923. The predicted octanol–water partition coefficient (Wildman–Crippen LogP) is 4.23. The molecular formula is C18H26N2O2. The molecule has 0 aliphatic rings. The standard InChI is InChI=1S/C18H26N2O2/c1-10(2)15(16(21)22)20-14-9-12(4)11(3)8-13(14)19-17(20)18(5,6)7/h8-10,15H,1-7H3,(H,21,22). The summed E-state index contributed by atoms with van der Waals surface area (Å²) in [7, 11) is 0. The molecule has 0 aliphatic heterocycles. The maximum Gasteiger partial charge on any atom is 0.327 e. The van der Waals surface area contributed by atoms with Gasteiger partial charge in [-0.25, -0.2) is 9.78 Å². The van der Waals surface area contributed by atoms with Gasteiger partial charge in [-0.05, 0) is 43.0 Å². The minimum Gasteiger partial charge on any atom is -0.480 e. The molecule has 0 radical (unpaired) electrons. The molecule has 1 heterocycles. The molecule has 2 aromatic rings. The maximum atomic E-state index is 11.9. The van der Waals surface area contributed by atoms with E-state index in [9.17, 15) is 9.90 Å². The van der Waals surface area contributed by atoms with E-state index in [2.05, 4.69) is 39.8 Å². The van der Waals surface area contributed by atoms with E-state index in [1.807, 2.05) is 25.3 Å². The second-order valence-electron chi connectivity index (χ2n) is 7.51. The van der Waals surface area contributed by atoms with Crippen molar-refractivity contribution in [1.29, 1.82) is 0 Å². The molecule has 120 valence electrons. The van der Waals surface area contributed by atoms with Crippen molar-refractivity contribution in [1.82, 2.24) is 9.55 Å². The normalized spacial score (nSPS) is 13.8. The van der Waals surface area contributed by atoms with Gasteiger partial charge in [0.05, 0.1) is 11.0 Å². The molecule has 0 amide bonds. The van der Waals surface area contributed by atoms with Crippen molar-refractivity contribution >= 4 is 17.0 Å². The number of aryl methyl sites for hydroxylation is 2. The molecule has 2 rings (SSSR count). The van der Waals surface area contributed by atoms with Crippen molar-refractivity contribution in [2.45, 2.75) is 59.9 Å². The first-order valence-corrected chi connectivity index (χ1v) is 7.76. The van der Waals surface area contributed by atoms with Crippen LogP contribution in [0.1, 0.15) is 57.6 Å². The number of aliphatic carboxylic acids is 1. The summed E-state index contributed by atoms with van der Waals surface area (Å²) in [5.41, 5.74) is 3.90. The Hall–Kier alpha value is -1.84. The van der Waals surface area contributed by atoms with Gasteiger partial charge in [-0.15, -0.1) is 0 Å². The number of fused-ring (bicyclic) bond motifs is 1. The van der Waals surface area contributed by atoms with Crippen LogP contribution in [-0.2, 0) is 10.2 Å². The molecule has 1 aromatic carbocycles. The van der Waals surface area contributed by atoms with Crippen LogP contribution in [0, 0.1) is 19.8 Å². The Morgan fingerprint density at radius 1 is 1.18 bits per heavy atom. The van der Waals surface area contributed by atoms with Crippen LogP contribution in [-0.4, -0.2) is 20.6 Å². The Morgan fingerprint density at radius 3 is 2.18 bits per heavy atom. The Morgan fingerprint density at radius 2 is 1.73 bits per heavy atom. The monoisotopic (exact) mass is 302 g/mol. The predicted molar refractivity (Wildman–Crippen MR) is 89.4 cm³/mol. The van der Waals surface area contributed by atoms with Gasteiger partial charge < -0.3 is 9.67 Å². The van der Waals surface area contributed by atoms with Crippen LogP contribution >= 0.6 is 0 Å². The Bertz CT molecular complexity index is 721. The highest BCUT2D eigenvalue weighted by Crippen LogP contribution is 2.33. The van der Waals surface area contributed by atoms with Crippen molar-refractivity contribution < 1.29 is 9.90 Å². The minimum atomic E-state index is -0.807. The van der Waals surface area contributed by atoms with E-state index in [1.165, 1.54) is 5.56 Å². The smallest absolute Gasteiger partial charge is 0.327 e. The molecule has 4 heteroatoms. The number of imidazole rings is 1. The van der Waals surface area contributed by atoms with E-state index in [4.69, 9.17) is 4.98 Å². The average molecular weight is 302 g/mol. The molecule has 0 fully saturated rings. The Kier molecular flexibility index (Phi) is 4.07. The van der Waals surface area contributed by atoms with E-state index in [-0.39, 0.29) is 11.3 Å². The van der Waals surface area contributed by atoms with Gasteiger partial charge in [0.1, 0.15) is 11.9 Å². The van der Waals surface area contributed by atoms with Gasteiger partial charge >= 0.3 is 5.97 Å². The Labute approximate surface area is 132 Å². The van der Waals surface area contributed by atoms with Crippen LogP contribution in [0.25, 0.3) is 11.0 Å². The van der Waals surface area contributed by atoms with E-state index >= 15 is 0 Å². The third-order valence-corrected chi connectivity index (χ3v) is 4.14. The fraction of sp³-hybridized carbons (Fsp3) is 0.556. The average Bonchev–Trinajstić information content (AvgIpc) is 2.68. The van der Waals surface area contributed by atoms with E-state index in [1.54, 1.807) is 0 Å². The van der Waals surface area contributed by atoms with E-state index in [0.29, 0.717) is 0 Å². The van der Waals surface area contributed by atoms with Gasteiger partial charge in [-0.1, -0.05) is 34.6 Å². The van der Waals surface area contributed by atoms with E-state index < -0.39 is 12.0 Å². The first-order chi connectivity index (χ1) is 10.0. The van der Waals surface area contributed by atoms with Crippen molar-refractivity contribution in [2.24, 2.45) is 5.92 Å². The number of aromatic nitrogens is 2. The Balaban J connectivity index is 2.89. The molecular weight excluding hydrogens is 276 g/mol. The SMILES string of the molecule is Cc1cc2nc(C(C)(C)C)n(C(C(=O)O)C(C)C)c2cc1C. The van der Waals surface area contributed by atoms with Crippen molar-refractivity contribution in [3.05, 3.63) is 29.1 Å². The van der Waals surface area contributed by atoms with Crippen LogP contribution in [0.5, 0.6) is 0 Å². The largest absolute Gasteiger partial charge is 0.480 e. The van der Waals surface area contributed by atoms with Crippen molar-refractivity contribution in [3.8, 4) is 0 Å². The molecule has 1 atom stereocenters. The minimum absolute atomic E-state index is 0.0161. The van der Waals surface area contributed by atoms with Gasteiger partial charge in [0.2, 0.25) is 0 Å². The number of nitrogens with zero attached hydrogens (tertiary/aromatic N) is 2. The fourth-order valence-electron chi connectivity index (χ4n) is 2.85. The summed E-state index contributed by atoms with van der Waals surface area (Å²) in [5, 5.41) is 9.74. The number of carboxylic acids is 1. The zero-order chi connectivity index (χ0) is 16.8. The second kappa shape index (κ2) is 5.41. The van der Waals surface area contributed by atoms with Gasteiger partial charge in [-0.3, -0.25) is 0 Å². The molecule has 22 heavy (non-hydrogen) atoms. The van der Waals surface area contributed by atoms with Gasteiger partial charge in [0.25, 0.3) is 0 Å². The third kappa shape index (κ3) is 2.74. The highest BCUT2D eigenvalue weighted by Gasteiger charge is 2.32. The van der Waals surface area contributed by atoms with Crippen LogP contribution < -0.4 is 0 Å². The van der Waals surface area contributed by atoms with Crippen LogP contribution in [0.3, 0.4) is 0 Å². The summed E-state index contributed by atoms with van der Waals surface area (Å²) in [6.45, 7) is 14.2. The molecule has 1 N–H and O–H groups in total.